The van der Waals surface area contributed by atoms with Gasteiger partial charge in [-0.15, -0.1) is 11.3 Å². The molecule has 0 unspecified atom stereocenters. The van der Waals surface area contributed by atoms with Crippen molar-refractivity contribution in [1.82, 2.24) is 9.88 Å². The number of benzene rings is 2. The first-order chi connectivity index (χ1) is 16.4. The molecule has 3 aromatic rings. The number of rotatable bonds is 8. The van der Waals surface area contributed by atoms with Crippen molar-refractivity contribution < 1.29 is 27.9 Å². The molecule has 0 atom stereocenters. The molecule has 9 heteroatoms. The molecule has 1 N–H and O–H groups in total. The molecular formula is C26H27F3N2O3S. The number of carboxylic acid groups (broad SMARTS) is 1. The zero-order valence-electron chi connectivity index (χ0n) is 19.9. The van der Waals surface area contributed by atoms with E-state index < -0.39 is 17.7 Å². The molecule has 0 spiro atoms. The van der Waals surface area contributed by atoms with Crippen molar-refractivity contribution in [2.24, 2.45) is 0 Å². The molecule has 0 fully saturated rings. The SMILES string of the molecule is Cc1cc(CN(C)C(=O)c2sc(-c3ccc(C(F)(F)F)cc3)nc2C(C)C)ccc1CCC(=O)O. The first-order valence-corrected chi connectivity index (χ1v) is 11.9. The van der Waals surface area contributed by atoms with Gasteiger partial charge in [0.05, 0.1) is 11.3 Å². The maximum absolute atomic E-state index is 13.3. The Bertz CT molecular complexity index is 1220. The molecule has 0 radical (unpaired) electrons. The van der Waals surface area contributed by atoms with Crippen molar-refractivity contribution in [3.05, 3.63) is 75.3 Å². The third kappa shape index (κ3) is 6.48. The van der Waals surface area contributed by atoms with Gasteiger partial charge in [0.1, 0.15) is 9.88 Å². The molecule has 1 heterocycles. The Morgan fingerprint density at radius 2 is 1.77 bits per heavy atom. The van der Waals surface area contributed by atoms with E-state index in [0.717, 1.165) is 28.8 Å². The Balaban J connectivity index is 1.81. The summed E-state index contributed by atoms with van der Waals surface area (Å²) in [6.45, 7) is 6.10. The zero-order chi connectivity index (χ0) is 25.9. The number of aliphatic carboxylic acids is 1. The summed E-state index contributed by atoms with van der Waals surface area (Å²) in [6, 6.07) is 10.5. The van der Waals surface area contributed by atoms with Gasteiger partial charge in [-0.25, -0.2) is 4.98 Å². The molecule has 186 valence electrons. The third-order valence-corrected chi connectivity index (χ3v) is 6.74. The molecule has 3 rings (SSSR count). The summed E-state index contributed by atoms with van der Waals surface area (Å²) < 4.78 is 38.7. The first kappa shape index (κ1) is 26.4. The number of hydrogen-bond donors (Lipinski definition) is 1. The van der Waals surface area contributed by atoms with E-state index in [2.05, 4.69) is 4.98 Å². The summed E-state index contributed by atoms with van der Waals surface area (Å²) in [4.78, 5) is 30.8. The number of carboxylic acids is 1. The molecule has 0 aliphatic rings. The second-order valence-corrected chi connectivity index (χ2v) is 9.78. The molecular weight excluding hydrogens is 477 g/mol. The lowest BCUT2D eigenvalue weighted by Crippen LogP contribution is -2.26. The van der Waals surface area contributed by atoms with Crippen LogP contribution in [-0.2, 0) is 23.9 Å². The van der Waals surface area contributed by atoms with Crippen LogP contribution in [0.1, 0.15) is 63.8 Å². The first-order valence-electron chi connectivity index (χ1n) is 11.1. The number of carbonyl (C=O) groups excluding carboxylic acids is 1. The predicted molar refractivity (Wildman–Crippen MR) is 130 cm³/mol. The number of amides is 1. The van der Waals surface area contributed by atoms with Crippen LogP contribution in [0.4, 0.5) is 13.2 Å². The number of thiazole rings is 1. The Labute approximate surface area is 206 Å². The molecule has 0 saturated heterocycles. The van der Waals surface area contributed by atoms with Crippen LogP contribution in [0.3, 0.4) is 0 Å². The van der Waals surface area contributed by atoms with E-state index in [-0.39, 0.29) is 18.2 Å². The lowest BCUT2D eigenvalue weighted by atomic mass is 10.0. The van der Waals surface area contributed by atoms with E-state index in [9.17, 15) is 22.8 Å². The monoisotopic (exact) mass is 504 g/mol. The number of hydrogen-bond acceptors (Lipinski definition) is 4. The highest BCUT2D eigenvalue weighted by Crippen LogP contribution is 2.35. The minimum absolute atomic E-state index is 0.0439. The van der Waals surface area contributed by atoms with E-state index in [0.29, 0.717) is 34.1 Å². The highest BCUT2D eigenvalue weighted by atomic mass is 32.1. The van der Waals surface area contributed by atoms with Crippen molar-refractivity contribution in [2.45, 2.75) is 52.3 Å². The molecule has 0 aliphatic heterocycles. The number of aromatic nitrogens is 1. The van der Waals surface area contributed by atoms with Gasteiger partial charge in [-0.1, -0.05) is 44.2 Å². The molecule has 2 aromatic carbocycles. The average molecular weight is 505 g/mol. The Kier molecular flexibility index (Phi) is 8.00. The Hall–Kier alpha value is -3.20. The lowest BCUT2D eigenvalue weighted by Gasteiger charge is -2.18. The van der Waals surface area contributed by atoms with Gasteiger partial charge in [-0.3, -0.25) is 9.59 Å². The van der Waals surface area contributed by atoms with Crippen molar-refractivity contribution >= 4 is 23.2 Å². The van der Waals surface area contributed by atoms with Crippen molar-refractivity contribution in [1.29, 1.82) is 0 Å². The molecule has 5 nitrogen and oxygen atoms in total. The lowest BCUT2D eigenvalue weighted by molar-refractivity contribution is -0.138. The fourth-order valence-electron chi connectivity index (χ4n) is 3.70. The highest BCUT2D eigenvalue weighted by molar-refractivity contribution is 7.17. The van der Waals surface area contributed by atoms with E-state index in [1.807, 2.05) is 39.0 Å². The van der Waals surface area contributed by atoms with E-state index in [1.54, 1.807) is 11.9 Å². The second-order valence-electron chi connectivity index (χ2n) is 8.78. The van der Waals surface area contributed by atoms with Crippen LogP contribution in [0.5, 0.6) is 0 Å². The summed E-state index contributed by atoms with van der Waals surface area (Å²) in [6.07, 6.45) is -3.91. The maximum atomic E-state index is 13.3. The van der Waals surface area contributed by atoms with Gasteiger partial charge in [-0.05, 0) is 48.1 Å². The summed E-state index contributed by atoms with van der Waals surface area (Å²) in [5.41, 5.74) is 3.24. The van der Waals surface area contributed by atoms with Crippen LogP contribution < -0.4 is 0 Å². The Morgan fingerprint density at radius 3 is 2.31 bits per heavy atom. The number of carbonyl (C=O) groups is 2. The highest BCUT2D eigenvalue weighted by Gasteiger charge is 2.30. The Morgan fingerprint density at radius 1 is 1.11 bits per heavy atom. The van der Waals surface area contributed by atoms with Crippen LogP contribution in [0, 0.1) is 6.92 Å². The number of aryl methyl sites for hydroxylation is 2. The van der Waals surface area contributed by atoms with Crippen molar-refractivity contribution in [2.75, 3.05) is 7.05 Å². The van der Waals surface area contributed by atoms with Gasteiger partial charge < -0.3 is 10.0 Å². The van der Waals surface area contributed by atoms with Gasteiger partial charge in [0.15, 0.2) is 0 Å². The fraction of sp³-hybridized carbons (Fsp3) is 0.346. The van der Waals surface area contributed by atoms with Gasteiger partial charge >= 0.3 is 12.1 Å². The normalized spacial score (nSPS) is 11.7. The summed E-state index contributed by atoms with van der Waals surface area (Å²) in [7, 11) is 1.69. The minimum Gasteiger partial charge on any atom is -0.481 e. The van der Waals surface area contributed by atoms with Crippen LogP contribution in [-0.4, -0.2) is 33.9 Å². The summed E-state index contributed by atoms with van der Waals surface area (Å²) >= 11 is 1.18. The topological polar surface area (TPSA) is 70.5 Å². The molecule has 1 amide bonds. The maximum Gasteiger partial charge on any atom is 0.416 e. The number of halogens is 3. The standard InChI is InChI=1S/C26H27F3N2O3S/c1-15(2)22-23(35-24(30-22)19-7-10-20(11-8-19)26(27,28)29)25(34)31(4)14-17-5-6-18(16(3)13-17)9-12-21(32)33/h5-8,10-11,13,15H,9,12,14H2,1-4H3,(H,32,33). The second kappa shape index (κ2) is 10.6. The zero-order valence-corrected chi connectivity index (χ0v) is 20.8. The van der Waals surface area contributed by atoms with Crippen LogP contribution in [0.2, 0.25) is 0 Å². The molecule has 0 bridgehead atoms. The molecule has 35 heavy (non-hydrogen) atoms. The predicted octanol–water partition coefficient (Wildman–Crippen LogP) is 6.55. The minimum atomic E-state index is -4.42. The number of nitrogens with zero attached hydrogens (tertiary/aromatic N) is 2. The van der Waals surface area contributed by atoms with Crippen LogP contribution in [0.15, 0.2) is 42.5 Å². The van der Waals surface area contributed by atoms with Gasteiger partial charge in [-0.2, -0.15) is 13.2 Å². The third-order valence-electron chi connectivity index (χ3n) is 5.64. The molecule has 0 saturated carbocycles. The molecule has 1 aromatic heterocycles. The van der Waals surface area contributed by atoms with E-state index >= 15 is 0 Å². The van der Waals surface area contributed by atoms with Gasteiger partial charge in [0, 0.05) is 25.6 Å². The van der Waals surface area contributed by atoms with E-state index in [1.165, 1.54) is 23.5 Å². The smallest absolute Gasteiger partial charge is 0.416 e. The largest absolute Gasteiger partial charge is 0.481 e. The van der Waals surface area contributed by atoms with Gasteiger partial charge in [0.2, 0.25) is 0 Å². The van der Waals surface area contributed by atoms with Crippen molar-refractivity contribution in [3.8, 4) is 10.6 Å². The van der Waals surface area contributed by atoms with Gasteiger partial charge in [0.25, 0.3) is 5.91 Å². The quantitative estimate of drug-likeness (QED) is 0.378. The summed E-state index contributed by atoms with van der Waals surface area (Å²) in [5, 5.41) is 9.39. The summed E-state index contributed by atoms with van der Waals surface area (Å²) in [5.74, 6) is -1.10. The van der Waals surface area contributed by atoms with Crippen molar-refractivity contribution in [3.63, 3.8) is 0 Å². The van der Waals surface area contributed by atoms with E-state index in [4.69, 9.17) is 5.11 Å². The van der Waals surface area contributed by atoms with Crippen LogP contribution in [0.25, 0.3) is 10.6 Å². The number of alkyl halides is 3. The average Bonchev–Trinajstić information content (AvgIpc) is 3.23. The fourth-order valence-corrected chi connectivity index (χ4v) is 4.92. The van der Waals surface area contributed by atoms with Crippen LogP contribution >= 0.6 is 11.3 Å². The molecule has 0 aliphatic carbocycles.